The zero-order valence-electron chi connectivity index (χ0n) is 25.2. The van der Waals surface area contributed by atoms with E-state index in [9.17, 15) is 0 Å². The van der Waals surface area contributed by atoms with Gasteiger partial charge >= 0.3 is 0 Å². The first-order chi connectivity index (χ1) is 22.8. The van der Waals surface area contributed by atoms with Gasteiger partial charge in [-0.2, -0.15) is 0 Å². The zero-order valence-corrected chi connectivity index (χ0v) is 25.2. The summed E-state index contributed by atoms with van der Waals surface area (Å²) in [5.41, 5.74) is 13.5. The minimum absolute atomic E-state index is 0.774. The Kier molecular flexibility index (Phi) is 6.00. The molecule has 0 bridgehead atoms. The maximum atomic E-state index is 7.05. The van der Waals surface area contributed by atoms with Crippen LogP contribution in [0.4, 0.5) is 22.7 Å². The molecule has 0 fully saturated rings. The molecule has 0 heterocycles. The molecule has 0 saturated heterocycles. The average Bonchev–Trinajstić information content (AvgIpc) is 3.13. The van der Waals surface area contributed by atoms with Gasteiger partial charge in [0.2, 0.25) is 0 Å². The molecule has 46 heavy (non-hydrogen) atoms. The first kappa shape index (κ1) is 26.3. The molecule has 216 valence electrons. The molecule has 0 aliphatic carbocycles. The lowest BCUT2D eigenvalue weighted by atomic mass is 9.85. The molecule has 0 aliphatic heterocycles. The molecule has 0 aromatic heterocycles. The van der Waals surface area contributed by atoms with Crippen molar-refractivity contribution in [1.82, 2.24) is 0 Å². The number of rotatable bonds is 4. The van der Waals surface area contributed by atoms with Crippen LogP contribution in [0.3, 0.4) is 0 Å². The Labute approximate surface area is 267 Å². The highest BCUT2D eigenvalue weighted by molar-refractivity contribution is 6.42. The fraction of sp³-hybridized carbons (Fsp3) is 0. The summed E-state index contributed by atoms with van der Waals surface area (Å²) in [6.45, 7) is 0. The molecule has 0 saturated carbocycles. The van der Waals surface area contributed by atoms with Crippen molar-refractivity contribution in [2.45, 2.75) is 0 Å². The largest absolute Gasteiger partial charge is 0.398 e. The van der Waals surface area contributed by atoms with E-state index in [-0.39, 0.29) is 0 Å². The maximum Gasteiger partial charge on any atom is 0.0548 e. The predicted octanol–water partition coefficient (Wildman–Crippen LogP) is 12.2. The Morgan fingerprint density at radius 1 is 0.326 bits per heavy atom. The second-order valence-electron chi connectivity index (χ2n) is 11.9. The number of para-hydroxylation sites is 2. The van der Waals surface area contributed by atoms with E-state index >= 15 is 0 Å². The van der Waals surface area contributed by atoms with E-state index in [0.717, 1.165) is 38.9 Å². The molecule has 0 spiro atoms. The number of nitrogens with zero attached hydrogens (tertiary/aromatic N) is 1. The Morgan fingerprint density at radius 2 is 0.826 bits per heavy atom. The maximum absolute atomic E-state index is 7.05. The Bertz CT molecular complexity index is 2530. The minimum Gasteiger partial charge on any atom is -0.398 e. The van der Waals surface area contributed by atoms with Gasteiger partial charge in [-0.05, 0) is 91.3 Å². The highest BCUT2D eigenvalue weighted by atomic mass is 15.1. The molecule has 0 amide bonds. The van der Waals surface area contributed by atoms with Crippen molar-refractivity contribution in [2.75, 3.05) is 10.6 Å². The van der Waals surface area contributed by atoms with Crippen LogP contribution in [0.25, 0.3) is 65.0 Å². The van der Waals surface area contributed by atoms with E-state index in [1.807, 2.05) is 0 Å². The smallest absolute Gasteiger partial charge is 0.0548 e. The lowest BCUT2D eigenvalue weighted by Gasteiger charge is -2.29. The summed E-state index contributed by atoms with van der Waals surface area (Å²) < 4.78 is 0. The quantitative estimate of drug-likeness (QED) is 0.164. The number of nitrogens with two attached hydrogens (primary N) is 1. The highest BCUT2D eigenvalue weighted by Crippen LogP contribution is 2.50. The minimum atomic E-state index is 0.774. The zero-order chi connectivity index (χ0) is 30.6. The molecule has 0 atom stereocenters. The van der Waals surface area contributed by atoms with Crippen molar-refractivity contribution >= 4 is 76.6 Å². The van der Waals surface area contributed by atoms with Gasteiger partial charge in [-0.25, -0.2) is 0 Å². The molecule has 2 N–H and O–H groups in total. The van der Waals surface area contributed by atoms with Crippen molar-refractivity contribution in [3.8, 4) is 11.1 Å². The SMILES string of the molecule is Nc1ccc(N(c2ccccc2)c2ccccc2)c2c1c1ccc(-c3ccccc3)cc1c1c3ccccc3c3ccccc3c21. The summed E-state index contributed by atoms with van der Waals surface area (Å²) in [6.07, 6.45) is 0. The Hall–Kier alpha value is -6.12. The monoisotopic (exact) mass is 586 g/mol. The van der Waals surface area contributed by atoms with Gasteiger partial charge in [0.15, 0.2) is 0 Å². The lowest BCUT2D eigenvalue weighted by Crippen LogP contribution is -2.11. The number of nitrogen functional groups attached to an aromatic ring is 1. The number of hydrogen-bond donors (Lipinski definition) is 1. The van der Waals surface area contributed by atoms with Crippen molar-refractivity contribution in [1.29, 1.82) is 0 Å². The molecule has 0 unspecified atom stereocenters. The first-order valence-corrected chi connectivity index (χ1v) is 15.7. The van der Waals surface area contributed by atoms with Gasteiger partial charge in [-0.15, -0.1) is 0 Å². The molecule has 0 radical (unpaired) electrons. The fourth-order valence-corrected chi connectivity index (χ4v) is 7.38. The summed E-state index contributed by atoms with van der Waals surface area (Å²) in [4.78, 5) is 2.37. The average molecular weight is 587 g/mol. The molecule has 9 aromatic carbocycles. The van der Waals surface area contributed by atoms with Crippen LogP contribution in [0.5, 0.6) is 0 Å². The van der Waals surface area contributed by atoms with E-state index in [2.05, 4.69) is 175 Å². The van der Waals surface area contributed by atoms with Crippen molar-refractivity contribution in [3.05, 3.63) is 170 Å². The van der Waals surface area contributed by atoms with E-state index in [1.165, 1.54) is 48.8 Å². The van der Waals surface area contributed by atoms with Crippen LogP contribution in [-0.4, -0.2) is 0 Å². The van der Waals surface area contributed by atoms with Crippen LogP contribution < -0.4 is 10.6 Å². The predicted molar refractivity (Wildman–Crippen MR) is 199 cm³/mol. The summed E-state index contributed by atoms with van der Waals surface area (Å²) >= 11 is 0. The highest BCUT2D eigenvalue weighted by Gasteiger charge is 2.23. The summed E-state index contributed by atoms with van der Waals surface area (Å²) in [7, 11) is 0. The molecule has 9 aromatic rings. The summed E-state index contributed by atoms with van der Waals surface area (Å²) in [5.74, 6) is 0. The van der Waals surface area contributed by atoms with E-state index in [4.69, 9.17) is 5.73 Å². The first-order valence-electron chi connectivity index (χ1n) is 15.7. The third kappa shape index (κ3) is 3.97. The Morgan fingerprint density at radius 3 is 1.43 bits per heavy atom. The number of benzene rings is 9. The molecule has 0 aliphatic rings. The van der Waals surface area contributed by atoms with Crippen LogP contribution in [0.2, 0.25) is 0 Å². The normalized spacial score (nSPS) is 11.6. The molecule has 9 rings (SSSR count). The third-order valence-corrected chi connectivity index (χ3v) is 9.33. The molecular weight excluding hydrogens is 556 g/mol. The standard InChI is InChI=1S/C44H30N2/c45-39-26-27-40(46(31-16-6-2-7-17-31)32-18-8-3-9-19-32)44-42(39)37-25-24-30(29-14-4-1-5-15-29)28-38(37)41-35-22-12-10-20-33(35)34-21-11-13-23-36(34)43(41)44/h1-28H,45H2. The van der Waals surface area contributed by atoms with Gasteiger partial charge < -0.3 is 10.6 Å². The second kappa shape index (κ2) is 10.5. The van der Waals surface area contributed by atoms with Crippen LogP contribution in [0.1, 0.15) is 0 Å². The lowest BCUT2D eigenvalue weighted by molar-refractivity contribution is 1.30. The Balaban J connectivity index is 1.56. The van der Waals surface area contributed by atoms with Crippen molar-refractivity contribution in [3.63, 3.8) is 0 Å². The topological polar surface area (TPSA) is 29.3 Å². The number of fused-ring (bicyclic) bond motifs is 11. The van der Waals surface area contributed by atoms with Crippen molar-refractivity contribution < 1.29 is 0 Å². The second-order valence-corrected chi connectivity index (χ2v) is 11.9. The number of anilines is 4. The third-order valence-electron chi connectivity index (χ3n) is 9.33. The van der Waals surface area contributed by atoms with Gasteiger partial charge in [0.1, 0.15) is 0 Å². The molecule has 2 nitrogen and oxygen atoms in total. The molecular formula is C44H30N2. The van der Waals surface area contributed by atoms with Gasteiger partial charge in [0, 0.05) is 33.2 Å². The summed E-state index contributed by atoms with van der Waals surface area (Å²) in [5, 5.41) is 12.0. The summed E-state index contributed by atoms with van der Waals surface area (Å²) in [6, 6.07) is 60.8. The van der Waals surface area contributed by atoms with Gasteiger partial charge in [-0.3, -0.25) is 0 Å². The van der Waals surface area contributed by atoms with Gasteiger partial charge in [0.05, 0.1) is 5.69 Å². The molecule has 2 heteroatoms. The van der Waals surface area contributed by atoms with Crippen molar-refractivity contribution in [2.24, 2.45) is 0 Å². The van der Waals surface area contributed by atoms with E-state index < -0.39 is 0 Å². The van der Waals surface area contributed by atoms with Crippen LogP contribution in [0.15, 0.2) is 170 Å². The van der Waals surface area contributed by atoms with Crippen LogP contribution >= 0.6 is 0 Å². The van der Waals surface area contributed by atoms with E-state index in [0.29, 0.717) is 0 Å². The number of hydrogen-bond acceptors (Lipinski definition) is 2. The van der Waals surface area contributed by atoms with Gasteiger partial charge in [0.25, 0.3) is 0 Å². The van der Waals surface area contributed by atoms with E-state index in [1.54, 1.807) is 0 Å². The van der Waals surface area contributed by atoms with Crippen LogP contribution in [-0.2, 0) is 0 Å². The van der Waals surface area contributed by atoms with Gasteiger partial charge in [-0.1, -0.05) is 127 Å². The fourth-order valence-electron chi connectivity index (χ4n) is 7.38. The van der Waals surface area contributed by atoms with Crippen LogP contribution in [0, 0.1) is 0 Å².